The molecule has 0 rings (SSSR count). The van der Waals surface area contributed by atoms with Crippen LogP contribution in [0, 0.1) is 0 Å². The predicted octanol–water partition coefficient (Wildman–Crippen LogP) is -1.83. The molecule has 0 amide bonds. The zero-order valence-corrected chi connectivity index (χ0v) is 6.92. The minimum absolute atomic E-state index is 0. The molecule has 18 N–H and O–H groups in total. The van der Waals surface area contributed by atoms with Crippen LogP contribution >= 0.6 is 0 Å². The second-order valence-electron chi connectivity index (χ2n) is 0. The zero-order chi connectivity index (χ0) is 0. The van der Waals surface area contributed by atoms with Crippen molar-refractivity contribution in [2.24, 2.45) is 0 Å². The molecule has 0 aromatic carbocycles. The van der Waals surface area contributed by atoms with Gasteiger partial charge in [-0.2, -0.15) is 0 Å². The van der Waals surface area contributed by atoms with Crippen molar-refractivity contribution in [2.45, 2.75) is 0 Å². The fraction of sp³-hybridized carbons (Fsp3) is 0. The van der Waals surface area contributed by atoms with Gasteiger partial charge in [0, 0.05) is 21.1 Å². The van der Waals surface area contributed by atoms with Crippen LogP contribution in [0.2, 0.25) is 0 Å². The maximum atomic E-state index is 0. The van der Waals surface area contributed by atoms with Crippen LogP contribution in [0.15, 0.2) is 0 Å². The molecule has 0 aromatic rings. The van der Waals surface area contributed by atoms with Crippen LogP contribution in [0.4, 0.5) is 0 Å². The van der Waals surface area contributed by atoms with Gasteiger partial charge < -0.3 is 41.0 Å². The molecule has 0 fully saturated rings. The van der Waals surface area contributed by atoms with Crippen molar-refractivity contribution in [3.05, 3.63) is 0 Å². The molecule has 0 bridgehead atoms. The molecule has 0 spiro atoms. The van der Waals surface area contributed by atoms with Crippen molar-refractivity contribution < 1.29 is 37.5 Å². The summed E-state index contributed by atoms with van der Waals surface area (Å²) in [6, 6.07) is 0. The Balaban J connectivity index is 0. The van der Waals surface area contributed by atoms with Gasteiger partial charge in [-0.25, -0.2) is 0 Å². The van der Waals surface area contributed by atoms with E-state index in [2.05, 4.69) is 0 Å². The second kappa shape index (κ2) is 1820. The molecule has 0 saturated carbocycles. The maximum absolute atomic E-state index is 0. The molecule has 0 aromatic heterocycles. The van der Waals surface area contributed by atoms with E-state index in [-0.39, 0.29) is 62.1 Å². The Labute approximate surface area is 62.7 Å². The molecular weight excluding hydrogens is 299 g/mol. The Morgan fingerprint density at radius 2 is 0.375 bits per heavy atom. The van der Waals surface area contributed by atoms with Gasteiger partial charge in [-0.05, 0) is 0 Å². The van der Waals surface area contributed by atoms with Crippen LogP contribution in [0.3, 0.4) is 0 Å². The quantitative estimate of drug-likeness (QED) is 0.403. The number of rotatable bonds is 0. The third-order valence-electron chi connectivity index (χ3n) is 0. The molecule has 8 heteroatoms. The topological polar surface area (TPSA) is 234 Å². The minimum atomic E-state index is 0. The number of hydrogen-bond acceptors (Lipinski definition) is 4. The van der Waals surface area contributed by atoms with E-state index in [1.807, 2.05) is 0 Å². The molecule has 66 valence electrons. The first-order chi connectivity index (χ1) is 0. The first-order valence-corrected chi connectivity index (χ1v) is 0. The Hall–Kier alpha value is 0.408. The number of hydrogen-bond donors (Lipinski definition) is 4. The summed E-state index contributed by atoms with van der Waals surface area (Å²) in [5.41, 5.74) is 0. The largest absolute Gasteiger partial charge is 0.412 e. The van der Waals surface area contributed by atoms with Gasteiger partial charge in [0.15, 0.2) is 0 Å². The van der Waals surface area contributed by atoms with Gasteiger partial charge in [-0.15, -0.1) is 0 Å². The van der Waals surface area contributed by atoms with E-state index >= 15 is 0 Å². The van der Waals surface area contributed by atoms with E-state index in [1.165, 1.54) is 0 Å². The summed E-state index contributed by atoms with van der Waals surface area (Å²) in [4.78, 5) is 0. The predicted molar refractivity (Wildman–Crippen MR) is 30.9 cm³/mol. The van der Waals surface area contributed by atoms with Crippen molar-refractivity contribution in [3.8, 4) is 0 Å². The normalized spacial score (nSPS) is 0. The molecule has 8 heavy (non-hydrogen) atoms. The first kappa shape index (κ1) is 2770. The van der Waals surface area contributed by atoms with E-state index in [4.69, 9.17) is 0 Å². The molecule has 0 atom stereocenters. The van der Waals surface area contributed by atoms with Crippen LogP contribution in [0.1, 0.15) is 0 Å². The molecule has 0 radical (unpaired) electrons. The standard InChI is InChI=1S/4H3N.3H2O.Pt/h4*1H3;3*1H2;. The van der Waals surface area contributed by atoms with Crippen LogP contribution in [0.25, 0.3) is 0 Å². The second-order valence-corrected chi connectivity index (χ2v) is 0. The summed E-state index contributed by atoms with van der Waals surface area (Å²) in [6.45, 7) is 0. The Morgan fingerprint density at radius 3 is 0.375 bits per heavy atom. The van der Waals surface area contributed by atoms with E-state index in [0.717, 1.165) is 0 Å². The van der Waals surface area contributed by atoms with Crippen molar-refractivity contribution in [3.63, 3.8) is 0 Å². The van der Waals surface area contributed by atoms with Crippen LogP contribution < -0.4 is 24.6 Å². The van der Waals surface area contributed by atoms with Gasteiger partial charge >= 0.3 is 0 Å². The summed E-state index contributed by atoms with van der Waals surface area (Å²) >= 11 is 0. The molecule has 0 aliphatic heterocycles. The van der Waals surface area contributed by atoms with Gasteiger partial charge in [0.2, 0.25) is 0 Å². The average molecular weight is 317 g/mol. The molecule has 7 nitrogen and oxygen atoms in total. The van der Waals surface area contributed by atoms with Gasteiger partial charge in [0.05, 0.1) is 0 Å². The van der Waals surface area contributed by atoms with E-state index < -0.39 is 0 Å². The molecule has 0 saturated heterocycles. The summed E-state index contributed by atoms with van der Waals surface area (Å²) in [5, 5.41) is 0. The van der Waals surface area contributed by atoms with Gasteiger partial charge in [0.1, 0.15) is 0 Å². The van der Waals surface area contributed by atoms with Gasteiger partial charge in [-0.3, -0.25) is 0 Å². The first-order valence-electron chi connectivity index (χ1n) is 0. The van der Waals surface area contributed by atoms with Gasteiger partial charge in [-0.1, -0.05) is 0 Å². The maximum Gasteiger partial charge on any atom is 0 e. The zero-order valence-electron chi connectivity index (χ0n) is 4.64. The fourth-order valence-corrected chi connectivity index (χ4v) is 0. The molecular formula is H18N4O3Pt. The van der Waals surface area contributed by atoms with Crippen LogP contribution in [-0.2, 0) is 21.1 Å². The molecule has 0 aliphatic carbocycles. The minimum Gasteiger partial charge on any atom is -0.412 e. The molecule has 0 aliphatic rings. The Kier molecular flexibility index (Phi) is 631000. The monoisotopic (exact) mass is 317 g/mol. The van der Waals surface area contributed by atoms with Gasteiger partial charge in [0.25, 0.3) is 0 Å². The van der Waals surface area contributed by atoms with E-state index in [0.29, 0.717) is 0 Å². The fourth-order valence-electron chi connectivity index (χ4n) is 0. The van der Waals surface area contributed by atoms with E-state index in [1.54, 1.807) is 0 Å². The van der Waals surface area contributed by atoms with Crippen molar-refractivity contribution in [1.82, 2.24) is 24.6 Å². The molecule has 0 unspecified atom stereocenters. The molecule has 0 heterocycles. The van der Waals surface area contributed by atoms with Crippen molar-refractivity contribution >= 4 is 0 Å². The Morgan fingerprint density at radius 1 is 0.375 bits per heavy atom. The van der Waals surface area contributed by atoms with Crippen molar-refractivity contribution in [2.75, 3.05) is 0 Å². The SMILES string of the molecule is N.N.N.N.O.O.O.[Pt]. The third kappa shape index (κ3) is 1120. The summed E-state index contributed by atoms with van der Waals surface area (Å²) in [7, 11) is 0. The summed E-state index contributed by atoms with van der Waals surface area (Å²) in [5.74, 6) is 0. The third-order valence-corrected chi connectivity index (χ3v) is 0. The van der Waals surface area contributed by atoms with E-state index in [9.17, 15) is 0 Å². The Bertz CT molecular complexity index is 11.2. The summed E-state index contributed by atoms with van der Waals surface area (Å²) < 4.78 is 0. The van der Waals surface area contributed by atoms with Crippen LogP contribution in [0.5, 0.6) is 0 Å². The van der Waals surface area contributed by atoms with Crippen LogP contribution in [-0.4, -0.2) is 16.4 Å². The smallest absolute Gasteiger partial charge is 0 e. The average Bonchev–Trinajstić information content (AvgIpc) is 0. The summed E-state index contributed by atoms with van der Waals surface area (Å²) in [6.07, 6.45) is 0. The van der Waals surface area contributed by atoms with Crippen molar-refractivity contribution in [1.29, 1.82) is 0 Å².